The lowest BCUT2D eigenvalue weighted by atomic mass is 10.1. The molecule has 0 fully saturated rings. The first-order chi connectivity index (χ1) is 10.2. The molecular formula is C16H13Cl2NS2. The molecule has 2 heterocycles. The second-order valence-electron chi connectivity index (χ2n) is 4.62. The molecule has 21 heavy (non-hydrogen) atoms. The van der Waals surface area contributed by atoms with E-state index >= 15 is 0 Å². The van der Waals surface area contributed by atoms with Crippen molar-refractivity contribution in [3.05, 3.63) is 73.0 Å². The van der Waals surface area contributed by atoms with E-state index in [-0.39, 0.29) is 6.04 Å². The average molecular weight is 354 g/mol. The van der Waals surface area contributed by atoms with Crippen LogP contribution in [0.25, 0.3) is 0 Å². The van der Waals surface area contributed by atoms with Crippen LogP contribution in [0.3, 0.4) is 0 Å². The van der Waals surface area contributed by atoms with Crippen molar-refractivity contribution < 1.29 is 0 Å². The van der Waals surface area contributed by atoms with E-state index < -0.39 is 0 Å². The zero-order chi connectivity index (χ0) is 14.7. The molecule has 0 saturated carbocycles. The SMILES string of the molecule is Clc1ccc(Cl)c(NC(Cc2cccs2)c2cccs2)c1. The second-order valence-corrected chi connectivity index (χ2v) is 7.48. The van der Waals surface area contributed by atoms with E-state index in [0.717, 1.165) is 12.1 Å². The summed E-state index contributed by atoms with van der Waals surface area (Å²) in [4.78, 5) is 2.64. The van der Waals surface area contributed by atoms with E-state index in [0.29, 0.717) is 10.0 Å². The highest BCUT2D eigenvalue weighted by molar-refractivity contribution is 7.10. The van der Waals surface area contributed by atoms with Crippen LogP contribution in [-0.2, 0) is 6.42 Å². The Kier molecular flexibility index (Phi) is 4.86. The van der Waals surface area contributed by atoms with Crippen molar-refractivity contribution in [2.45, 2.75) is 12.5 Å². The molecule has 0 spiro atoms. The first kappa shape index (κ1) is 14.9. The summed E-state index contributed by atoms with van der Waals surface area (Å²) in [6.45, 7) is 0. The lowest BCUT2D eigenvalue weighted by Gasteiger charge is -2.19. The van der Waals surface area contributed by atoms with Crippen molar-refractivity contribution in [3.63, 3.8) is 0 Å². The molecule has 0 aliphatic carbocycles. The van der Waals surface area contributed by atoms with Gasteiger partial charge < -0.3 is 5.32 Å². The Morgan fingerprint density at radius 2 is 1.81 bits per heavy atom. The van der Waals surface area contributed by atoms with Gasteiger partial charge in [-0.2, -0.15) is 0 Å². The molecule has 1 aromatic carbocycles. The normalized spacial score (nSPS) is 12.3. The van der Waals surface area contributed by atoms with Gasteiger partial charge in [-0.3, -0.25) is 0 Å². The number of hydrogen-bond donors (Lipinski definition) is 1. The Hall–Kier alpha value is -1.00. The molecule has 0 bridgehead atoms. The molecule has 5 heteroatoms. The third-order valence-electron chi connectivity index (χ3n) is 3.13. The third-order valence-corrected chi connectivity index (χ3v) is 5.58. The van der Waals surface area contributed by atoms with Gasteiger partial charge in [-0.1, -0.05) is 35.3 Å². The molecule has 3 rings (SSSR count). The van der Waals surface area contributed by atoms with Gasteiger partial charge >= 0.3 is 0 Å². The van der Waals surface area contributed by atoms with E-state index in [1.165, 1.54) is 9.75 Å². The first-order valence-electron chi connectivity index (χ1n) is 6.50. The average Bonchev–Trinajstić information content (AvgIpc) is 3.14. The number of halogens is 2. The van der Waals surface area contributed by atoms with Gasteiger partial charge in [-0.05, 0) is 41.1 Å². The zero-order valence-corrected chi connectivity index (χ0v) is 14.2. The van der Waals surface area contributed by atoms with Crippen LogP contribution in [0.5, 0.6) is 0 Å². The minimum absolute atomic E-state index is 0.194. The smallest absolute Gasteiger partial charge is 0.0655 e. The highest BCUT2D eigenvalue weighted by Crippen LogP contribution is 2.32. The number of hydrogen-bond acceptors (Lipinski definition) is 3. The van der Waals surface area contributed by atoms with E-state index in [1.807, 2.05) is 12.1 Å². The molecule has 108 valence electrons. The molecular weight excluding hydrogens is 341 g/mol. The van der Waals surface area contributed by atoms with Crippen molar-refractivity contribution in [3.8, 4) is 0 Å². The summed E-state index contributed by atoms with van der Waals surface area (Å²) in [6.07, 6.45) is 0.932. The van der Waals surface area contributed by atoms with Gasteiger partial charge in [0.1, 0.15) is 0 Å². The van der Waals surface area contributed by atoms with E-state index in [2.05, 4.69) is 40.3 Å². The van der Waals surface area contributed by atoms with Crippen LogP contribution >= 0.6 is 45.9 Å². The minimum Gasteiger partial charge on any atom is -0.376 e. The first-order valence-corrected chi connectivity index (χ1v) is 9.01. The van der Waals surface area contributed by atoms with E-state index in [4.69, 9.17) is 23.2 Å². The van der Waals surface area contributed by atoms with E-state index in [1.54, 1.807) is 28.7 Å². The summed E-state index contributed by atoms with van der Waals surface area (Å²) in [5.41, 5.74) is 0.874. The topological polar surface area (TPSA) is 12.0 Å². The fourth-order valence-corrected chi connectivity index (χ4v) is 4.01. The maximum atomic E-state index is 6.27. The molecule has 1 N–H and O–H groups in total. The maximum absolute atomic E-state index is 6.27. The highest BCUT2D eigenvalue weighted by atomic mass is 35.5. The van der Waals surface area contributed by atoms with Crippen LogP contribution in [-0.4, -0.2) is 0 Å². The van der Waals surface area contributed by atoms with Crippen molar-refractivity contribution in [2.75, 3.05) is 5.32 Å². The van der Waals surface area contributed by atoms with Crippen LogP contribution in [0.1, 0.15) is 15.8 Å². The number of anilines is 1. The van der Waals surface area contributed by atoms with Gasteiger partial charge in [0.05, 0.1) is 16.8 Å². The highest BCUT2D eigenvalue weighted by Gasteiger charge is 2.15. The van der Waals surface area contributed by atoms with Crippen molar-refractivity contribution in [1.29, 1.82) is 0 Å². The predicted molar refractivity (Wildman–Crippen MR) is 95.2 cm³/mol. The van der Waals surface area contributed by atoms with Crippen molar-refractivity contribution in [2.24, 2.45) is 0 Å². The lowest BCUT2D eigenvalue weighted by Crippen LogP contribution is -2.12. The number of rotatable bonds is 5. The van der Waals surface area contributed by atoms with Crippen LogP contribution in [0.4, 0.5) is 5.69 Å². The van der Waals surface area contributed by atoms with Gasteiger partial charge in [-0.15, -0.1) is 22.7 Å². The molecule has 3 aromatic rings. The summed E-state index contributed by atoms with van der Waals surface area (Å²) in [5.74, 6) is 0. The molecule has 0 radical (unpaired) electrons. The summed E-state index contributed by atoms with van der Waals surface area (Å²) in [6, 6.07) is 14.2. The van der Waals surface area contributed by atoms with Crippen molar-refractivity contribution >= 4 is 51.6 Å². The molecule has 0 aliphatic rings. The molecule has 1 unspecified atom stereocenters. The Bertz CT molecular complexity index is 693. The Morgan fingerprint density at radius 1 is 1.00 bits per heavy atom. The summed E-state index contributed by atoms with van der Waals surface area (Å²) < 4.78 is 0. The van der Waals surface area contributed by atoms with Gasteiger partial charge in [-0.25, -0.2) is 0 Å². The van der Waals surface area contributed by atoms with Gasteiger partial charge in [0.15, 0.2) is 0 Å². The van der Waals surface area contributed by atoms with Gasteiger partial charge in [0.2, 0.25) is 0 Å². The summed E-state index contributed by atoms with van der Waals surface area (Å²) in [7, 11) is 0. The lowest BCUT2D eigenvalue weighted by molar-refractivity contribution is 0.802. The van der Waals surface area contributed by atoms with Gasteiger partial charge in [0, 0.05) is 21.2 Å². The molecule has 2 aromatic heterocycles. The molecule has 1 atom stereocenters. The summed E-state index contributed by atoms with van der Waals surface area (Å²) in [5, 5.41) is 9.10. The Balaban J connectivity index is 1.87. The van der Waals surface area contributed by atoms with Crippen LogP contribution < -0.4 is 5.32 Å². The summed E-state index contributed by atoms with van der Waals surface area (Å²) >= 11 is 15.9. The maximum Gasteiger partial charge on any atom is 0.0655 e. The molecule has 0 amide bonds. The van der Waals surface area contributed by atoms with E-state index in [9.17, 15) is 0 Å². The fourth-order valence-electron chi connectivity index (χ4n) is 2.14. The third kappa shape index (κ3) is 3.80. The monoisotopic (exact) mass is 353 g/mol. The largest absolute Gasteiger partial charge is 0.376 e. The van der Waals surface area contributed by atoms with Crippen LogP contribution in [0.2, 0.25) is 10.0 Å². The fraction of sp³-hybridized carbons (Fsp3) is 0.125. The predicted octanol–water partition coefficient (Wildman–Crippen LogP) is 6.51. The Labute approximate surface area is 142 Å². The number of benzene rings is 1. The quantitative estimate of drug-likeness (QED) is 0.550. The zero-order valence-electron chi connectivity index (χ0n) is 11.1. The second kappa shape index (κ2) is 6.84. The Morgan fingerprint density at radius 3 is 2.52 bits per heavy atom. The standard InChI is InChI=1S/C16H13Cl2NS2/c17-11-5-6-13(18)14(9-11)19-15(16-4-2-8-21-16)10-12-3-1-7-20-12/h1-9,15,19H,10H2. The number of thiophene rings is 2. The van der Waals surface area contributed by atoms with Crippen LogP contribution in [0.15, 0.2) is 53.2 Å². The van der Waals surface area contributed by atoms with Crippen molar-refractivity contribution in [1.82, 2.24) is 0 Å². The van der Waals surface area contributed by atoms with Gasteiger partial charge in [0.25, 0.3) is 0 Å². The van der Waals surface area contributed by atoms with Crippen LogP contribution in [0, 0.1) is 0 Å². The number of nitrogens with one attached hydrogen (secondary N) is 1. The molecule has 0 aliphatic heterocycles. The molecule has 0 saturated heterocycles. The molecule has 1 nitrogen and oxygen atoms in total. The minimum atomic E-state index is 0.194.